The van der Waals surface area contributed by atoms with E-state index in [0.717, 1.165) is 0 Å². The molecule has 1 fully saturated rings. The van der Waals surface area contributed by atoms with E-state index in [1.807, 2.05) is 0 Å². The van der Waals surface area contributed by atoms with Crippen LogP contribution in [-0.4, -0.2) is 54.0 Å². The van der Waals surface area contributed by atoms with Crippen molar-refractivity contribution in [1.29, 1.82) is 0 Å². The molecule has 3 aromatic rings. The van der Waals surface area contributed by atoms with Crippen LogP contribution in [0.2, 0.25) is 0 Å². The predicted molar refractivity (Wildman–Crippen MR) is 109 cm³/mol. The number of hydrogen-bond donors (Lipinski definition) is 0. The van der Waals surface area contributed by atoms with Crippen LogP contribution in [-0.2, 0) is 14.8 Å². The Bertz CT molecular complexity index is 1240. The first-order valence-electron chi connectivity index (χ1n) is 9.51. The van der Waals surface area contributed by atoms with E-state index < -0.39 is 10.0 Å². The van der Waals surface area contributed by atoms with E-state index in [2.05, 4.69) is 10.3 Å². The number of aryl methyl sites for hydroxylation is 3. The SMILES string of the molecule is Cc1ccc(-c2ccc(=O)n(-c3c(C)noc3C)n2)cc1S(=O)(=O)N1CCOCC1. The molecule has 3 heterocycles. The summed E-state index contributed by atoms with van der Waals surface area (Å²) in [5, 5.41) is 8.32. The third-order valence-corrected chi connectivity index (χ3v) is 7.12. The van der Waals surface area contributed by atoms with Gasteiger partial charge in [-0.1, -0.05) is 17.3 Å². The van der Waals surface area contributed by atoms with Gasteiger partial charge >= 0.3 is 0 Å². The zero-order valence-corrected chi connectivity index (χ0v) is 17.8. The van der Waals surface area contributed by atoms with Crippen molar-refractivity contribution >= 4 is 10.0 Å². The monoisotopic (exact) mass is 430 g/mol. The highest BCUT2D eigenvalue weighted by Crippen LogP contribution is 2.27. The highest BCUT2D eigenvalue weighted by Gasteiger charge is 2.28. The fraction of sp³-hybridized carbons (Fsp3) is 0.350. The summed E-state index contributed by atoms with van der Waals surface area (Å²) < 4.78 is 39.4. The lowest BCUT2D eigenvalue weighted by Gasteiger charge is -2.26. The van der Waals surface area contributed by atoms with Gasteiger partial charge in [0.1, 0.15) is 11.4 Å². The largest absolute Gasteiger partial charge is 0.379 e. The zero-order chi connectivity index (χ0) is 21.5. The first kappa shape index (κ1) is 20.5. The molecule has 0 amide bonds. The van der Waals surface area contributed by atoms with Gasteiger partial charge in [0, 0.05) is 24.7 Å². The zero-order valence-electron chi connectivity index (χ0n) is 17.0. The van der Waals surface area contributed by atoms with Gasteiger partial charge in [0.25, 0.3) is 5.56 Å². The van der Waals surface area contributed by atoms with Crippen molar-refractivity contribution in [2.75, 3.05) is 26.3 Å². The molecule has 0 radical (unpaired) electrons. The molecule has 0 spiro atoms. The molecule has 0 atom stereocenters. The predicted octanol–water partition coefficient (Wildman–Crippen LogP) is 1.83. The van der Waals surface area contributed by atoms with Gasteiger partial charge < -0.3 is 9.26 Å². The molecule has 0 aliphatic carbocycles. The van der Waals surface area contributed by atoms with E-state index in [1.54, 1.807) is 45.0 Å². The average Bonchev–Trinajstić information content (AvgIpc) is 3.07. The van der Waals surface area contributed by atoms with Crippen molar-refractivity contribution in [1.82, 2.24) is 19.2 Å². The number of rotatable bonds is 4. The van der Waals surface area contributed by atoms with Gasteiger partial charge in [0.05, 0.1) is 23.8 Å². The van der Waals surface area contributed by atoms with Crippen molar-refractivity contribution in [3.8, 4) is 16.9 Å². The van der Waals surface area contributed by atoms with Crippen molar-refractivity contribution in [3.05, 3.63) is 57.7 Å². The topological polar surface area (TPSA) is 108 Å². The normalized spacial score (nSPS) is 15.4. The fourth-order valence-electron chi connectivity index (χ4n) is 3.47. The fourth-order valence-corrected chi connectivity index (χ4v) is 5.13. The van der Waals surface area contributed by atoms with E-state index in [4.69, 9.17) is 9.26 Å². The Hall–Kier alpha value is -2.82. The van der Waals surface area contributed by atoms with Crippen molar-refractivity contribution in [3.63, 3.8) is 0 Å². The molecule has 1 saturated heterocycles. The Balaban J connectivity index is 1.80. The molecule has 4 rings (SSSR count). The van der Waals surface area contributed by atoms with Gasteiger partial charge in [-0.25, -0.2) is 8.42 Å². The summed E-state index contributed by atoms with van der Waals surface area (Å²) in [5.41, 5.74) is 2.39. The molecular weight excluding hydrogens is 408 g/mol. The van der Waals surface area contributed by atoms with E-state index in [0.29, 0.717) is 60.3 Å². The summed E-state index contributed by atoms with van der Waals surface area (Å²) in [6.07, 6.45) is 0. The number of nitrogens with zero attached hydrogens (tertiary/aromatic N) is 4. The quantitative estimate of drug-likeness (QED) is 0.621. The van der Waals surface area contributed by atoms with Gasteiger partial charge in [0.15, 0.2) is 5.76 Å². The standard InChI is InChI=1S/C20H22N4O5S/c1-13-4-5-16(12-18(13)30(26,27)23-8-10-28-11-9-23)17-6-7-19(25)24(21-17)20-14(2)22-29-15(20)3/h4-7,12H,8-11H2,1-3H3. The highest BCUT2D eigenvalue weighted by molar-refractivity contribution is 7.89. The molecule has 0 bridgehead atoms. The maximum absolute atomic E-state index is 13.2. The van der Waals surface area contributed by atoms with E-state index >= 15 is 0 Å². The summed E-state index contributed by atoms with van der Waals surface area (Å²) >= 11 is 0. The second kappa shape index (κ2) is 7.78. The maximum Gasteiger partial charge on any atom is 0.271 e. The minimum atomic E-state index is -3.67. The first-order chi connectivity index (χ1) is 14.3. The molecule has 1 aromatic carbocycles. The Kier molecular flexibility index (Phi) is 5.31. The summed E-state index contributed by atoms with van der Waals surface area (Å²) in [7, 11) is -3.67. The number of ether oxygens (including phenoxy) is 1. The molecule has 1 aliphatic rings. The lowest BCUT2D eigenvalue weighted by atomic mass is 10.1. The van der Waals surface area contributed by atoms with Gasteiger partial charge in [-0.15, -0.1) is 0 Å². The van der Waals surface area contributed by atoms with Gasteiger partial charge in [-0.3, -0.25) is 4.79 Å². The molecule has 0 saturated carbocycles. The summed E-state index contributed by atoms with van der Waals surface area (Å²) in [6, 6.07) is 8.11. The van der Waals surface area contributed by atoms with Crippen molar-refractivity contribution in [2.45, 2.75) is 25.7 Å². The summed E-state index contributed by atoms with van der Waals surface area (Å²) in [5.74, 6) is 0.471. The van der Waals surface area contributed by atoms with Crippen LogP contribution >= 0.6 is 0 Å². The minimum absolute atomic E-state index is 0.221. The molecule has 158 valence electrons. The van der Waals surface area contributed by atoms with Crippen LogP contribution in [0.1, 0.15) is 17.0 Å². The Morgan fingerprint density at radius 1 is 1.03 bits per heavy atom. The Morgan fingerprint density at radius 3 is 2.43 bits per heavy atom. The molecule has 9 nitrogen and oxygen atoms in total. The molecule has 10 heteroatoms. The summed E-state index contributed by atoms with van der Waals surface area (Å²) in [4.78, 5) is 12.6. The minimum Gasteiger partial charge on any atom is -0.379 e. The van der Waals surface area contributed by atoms with Gasteiger partial charge in [-0.2, -0.15) is 14.1 Å². The number of benzene rings is 1. The molecule has 30 heavy (non-hydrogen) atoms. The number of sulfonamides is 1. The van der Waals surface area contributed by atoms with E-state index in [9.17, 15) is 13.2 Å². The molecule has 0 N–H and O–H groups in total. The molecule has 2 aromatic heterocycles. The lowest BCUT2D eigenvalue weighted by Crippen LogP contribution is -2.40. The number of hydrogen-bond acceptors (Lipinski definition) is 7. The van der Waals surface area contributed by atoms with Crippen LogP contribution in [0.4, 0.5) is 0 Å². The Labute approximate surface area is 173 Å². The van der Waals surface area contributed by atoms with E-state index in [-0.39, 0.29) is 10.5 Å². The highest BCUT2D eigenvalue weighted by atomic mass is 32.2. The van der Waals surface area contributed by atoms with Crippen LogP contribution in [0, 0.1) is 20.8 Å². The van der Waals surface area contributed by atoms with Crippen molar-refractivity contribution < 1.29 is 17.7 Å². The second-order valence-electron chi connectivity index (χ2n) is 7.14. The maximum atomic E-state index is 13.2. The smallest absolute Gasteiger partial charge is 0.271 e. The van der Waals surface area contributed by atoms with Crippen LogP contribution in [0.3, 0.4) is 0 Å². The van der Waals surface area contributed by atoms with Crippen LogP contribution < -0.4 is 5.56 Å². The number of aromatic nitrogens is 3. The first-order valence-corrected chi connectivity index (χ1v) is 11.0. The van der Waals surface area contributed by atoms with Crippen LogP contribution in [0.5, 0.6) is 0 Å². The molecular formula is C20H22N4O5S. The van der Waals surface area contributed by atoms with Gasteiger partial charge in [0.2, 0.25) is 10.0 Å². The third-order valence-electron chi connectivity index (χ3n) is 5.08. The average molecular weight is 430 g/mol. The van der Waals surface area contributed by atoms with Crippen LogP contribution in [0.15, 0.2) is 44.5 Å². The lowest BCUT2D eigenvalue weighted by molar-refractivity contribution is 0.0730. The van der Waals surface area contributed by atoms with Gasteiger partial charge in [-0.05, 0) is 38.5 Å². The Morgan fingerprint density at radius 2 is 1.77 bits per heavy atom. The second-order valence-corrected chi connectivity index (χ2v) is 9.04. The number of morpholine rings is 1. The third kappa shape index (κ3) is 3.57. The van der Waals surface area contributed by atoms with Crippen molar-refractivity contribution in [2.24, 2.45) is 0 Å². The summed E-state index contributed by atoms with van der Waals surface area (Å²) in [6.45, 7) is 6.59. The van der Waals surface area contributed by atoms with E-state index in [1.165, 1.54) is 15.1 Å². The molecule has 0 unspecified atom stereocenters. The van der Waals surface area contributed by atoms with Crippen LogP contribution in [0.25, 0.3) is 16.9 Å². The molecule has 1 aliphatic heterocycles.